The highest BCUT2D eigenvalue weighted by Gasteiger charge is 2.17. The fourth-order valence-electron chi connectivity index (χ4n) is 6.14. The van der Waals surface area contributed by atoms with E-state index in [1.807, 2.05) is 60.9 Å². The Kier molecular flexibility index (Phi) is 6.98. The summed E-state index contributed by atoms with van der Waals surface area (Å²) in [5, 5.41) is 0.844. The summed E-state index contributed by atoms with van der Waals surface area (Å²) in [7, 11) is 0. The van der Waals surface area contributed by atoms with Gasteiger partial charge in [0.05, 0.1) is 22.5 Å². The van der Waals surface area contributed by atoms with Crippen LogP contribution in [-0.4, -0.2) is 29.9 Å². The Morgan fingerprint density at radius 2 is 1.12 bits per heavy atom. The van der Waals surface area contributed by atoms with E-state index in [4.69, 9.17) is 14.4 Å². The van der Waals surface area contributed by atoms with Crippen molar-refractivity contribution in [1.29, 1.82) is 0 Å². The summed E-state index contributed by atoms with van der Waals surface area (Å²) in [5.74, 6) is 0. The summed E-state index contributed by atoms with van der Waals surface area (Å²) in [4.78, 5) is 27.7. The first kappa shape index (κ1) is 28.4. The molecule has 0 aliphatic rings. The number of furan rings is 1. The maximum atomic E-state index is 6.26. The van der Waals surface area contributed by atoms with Gasteiger partial charge in [0.25, 0.3) is 0 Å². The summed E-state index contributed by atoms with van der Waals surface area (Å²) in [6, 6.07) is 43.2. The van der Waals surface area contributed by atoms with Gasteiger partial charge in [-0.15, -0.1) is 0 Å². The molecule has 0 aliphatic carbocycles. The lowest BCUT2D eigenvalue weighted by atomic mass is 9.99. The average molecular weight is 631 g/mol. The highest BCUT2D eigenvalue weighted by atomic mass is 16.3. The van der Waals surface area contributed by atoms with Crippen molar-refractivity contribution >= 4 is 22.2 Å². The van der Waals surface area contributed by atoms with Crippen molar-refractivity contribution in [2.24, 2.45) is 0 Å². The van der Waals surface area contributed by atoms with Crippen LogP contribution < -0.4 is 0 Å². The topological polar surface area (TPSA) is 90.5 Å². The number of aromatic nitrogens is 6. The van der Waals surface area contributed by atoms with Crippen LogP contribution in [0.1, 0.15) is 0 Å². The van der Waals surface area contributed by atoms with Gasteiger partial charge >= 0.3 is 0 Å². The Morgan fingerprint density at radius 3 is 1.88 bits per heavy atom. The molecule has 9 rings (SSSR count). The molecule has 0 N–H and O–H groups in total. The first-order chi connectivity index (χ1) is 24.3. The van der Waals surface area contributed by atoms with Gasteiger partial charge in [0.15, 0.2) is 5.58 Å². The van der Waals surface area contributed by atoms with E-state index in [1.54, 1.807) is 18.7 Å². The summed E-state index contributed by atoms with van der Waals surface area (Å²) in [6.07, 6.45) is 8.81. The van der Waals surface area contributed by atoms with E-state index in [1.165, 1.54) is 5.56 Å². The van der Waals surface area contributed by atoms with Gasteiger partial charge in [-0.25, -0.2) is 19.9 Å². The number of pyridine rings is 4. The molecule has 0 fully saturated rings. The Labute approximate surface area is 281 Å². The van der Waals surface area contributed by atoms with Crippen LogP contribution in [0.25, 0.3) is 89.5 Å². The first-order valence-electron chi connectivity index (χ1n) is 15.9. The summed E-state index contributed by atoms with van der Waals surface area (Å²) >= 11 is 0. The first-order valence-corrected chi connectivity index (χ1v) is 15.9. The lowest BCUT2D eigenvalue weighted by molar-refractivity contribution is 0.652. The van der Waals surface area contributed by atoms with Gasteiger partial charge in [0, 0.05) is 41.5 Å². The van der Waals surface area contributed by atoms with Gasteiger partial charge in [0.2, 0.25) is 5.71 Å². The molecule has 0 amide bonds. The molecule has 0 saturated carbocycles. The van der Waals surface area contributed by atoms with Crippen LogP contribution >= 0.6 is 0 Å². The third-order valence-corrected chi connectivity index (χ3v) is 8.64. The molecule has 0 radical (unpaired) electrons. The van der Waals surface area contributed by atoms with Crippen LogP contribution in [0.4, 0.5) is 0 Å². The maximum Gasteiger partial charge on any atom is 0.229 e. The van der Waals surface area contributed by atoms with Crippen LogP contribution in [0.3, 0.4) is 0 Å². The minimum absolute atomic E-state index is 0.528. The van der Waals surface area contributed by atoms with E-state index in [0.717, 1.165) is 72.6 Å². The van der Waals surface area contributed by atoms with Crippen molar-refractivity contribution in [2.45, 2.75) is 0 Å². The molecule has 230 valence electrons. The molecule has 0 saturated heterocycles. The van der Waals surface area contributed by atoms with Crippen molar-refractivity contribution in [3.8, 4) is 67.3 Å². The fraction of sp³-hybridized carbons (Fsp3) is 0. The van der Waals surface area contributed by atoms with E-state index in [-0.39, 0.29) is 0 Å². The largest absolute Gasteiger partial charge is 0.434 e. The molecule has 3 aromatic carbocycles. The summed E-state index contributed by atoms with van der Waals surface area (Å²) in [6.45, 7) is 0. The normalized spacial score (nSPS) is 11.3. The Bertz CT molecular complexity index is 2510. The monoisotopic (exact) mass is 630 g/mol. The minimum atomic E-state index is 0.528. The maximum absolute atomic E-state index is 6.26. The molecule has 0 bridgehead atoms. The molecule has 49 heavy (non-hydrogen) atoms. The molecule has 6 aromatic heterocycles. The minimum Gasteiger partial charge on any atom is -0.434 e. The van der Waals surface area contributed by atoms with E-state index >= 15 is 0 Å². The van der Waals surface area contributed by atoms with E-state index in [2.05, 4.69) is 98.8 Å². The lowest BCUT2D eigenvalue weighted by Crippen LogP contribution is -1.93. The zero-order valence-corrected chi connectivity index (χ0v) is 26.1. The number of nitrogens with zero attached hydrogens (tertiary/aromatic N) is 6. The SMILES string of the molecule is c1ccc(-c2ccc(-c3ncnc4c3oc3ncc(-c5ccc(-c6cc(-c7cccnc7)nc(-c7ccccn7)c6)cc5)cc34)cc2)cc1. The second-order valence-corrected chi connectivity index (χ2v) is 11.7. The predicted molar refractivity (Wildman–Crippen MR) is 193 cm³/mol. The van der Waals surface area contributed by atoms with Gasteiger partial charge in [-0.05, 0) is 70.3 Å². The van der Waals surface area contributed by atoms with Gasteiger partial charge in [0.1, 0.15) is 17.5 Å². The molecule has 7 nitrogen and oxygen atoms in total. The van der Waals surface area contributed by atoms with Gasteiger partial charge in [-0.3, -0.25) is 9.97 Å². The third-order valence-electron chi connectivity index (χ3n) is 8.64. The van der Waals surface area contributed by atoms with E-state index in [9.17, 15) is 0 Å². The third kappa shape index (κ3) is 5.39. The highest BCUT2D eigenvalue weighted by Crippen LogP contribution is 2.36. The molecule has 7 heteroatoms. The molecule has 9 aromatic rings. The van der Waals surface area contributed by atoms with Gasteiger partial charge < -0.3 is 4.42 Å². The van der Waals surface area contributed by atoms with Crippen LogP contribution in [0, 0.1) is 0 Å². The van der Waals surface area contributed by atoms with Gasteiger partial charge in [-0.1, -0.05) is 84.9 Å². The van der Waals surface area contributed by atoms with Crippen LogP contribution in [-0.2, 0) is 0 Å². The van der Waals surface area contributed by atoms with E-state index in [0.29, 0.717) is 11.3 Å². The smallest absolute Gasteiger partial charge is 0.229 e. The van der Waals surface area contributed by atoms with Gasteiger partial charge in [-0.2, -0.15) is 0 Å². The van der Waals surface area contributed by atoms with E-state index < -0.39 is 0 Å². The zero-order valence-electron chi connectivity index (χ0n) is 26.1. The molecular formula is C42H26N6O. The molecule has 0 atom stereocenters. The quantitative estimate of drug-likeness (QED) is 0.181. The Morgan fingerprint density at radius 1 is 0.429 bits per heavy atom. The Balaban J connectivity index is 1.06. The highest BCUT2D eigenvalue weighted by molar-refractivity contribution is 6.06. The number of hydrogen-bond acceptors (Lipinski definition) is 7. The summed E-state index contributed by atoms with van der Waals surface area (Å²) in [5.41, 5.74) is 13.4. The second-order valence-electron chi connectivity index (χ2n) is 11.7. The molecule has 0 spiro atoms. The lowest BCUT2D eigenvalue weighted by Gasteiger charge is -2.10. The summed E-state index contributed by atoms with van der Waals surface area (Å²) < 4.78 is 6.26. The van der Waals surface area contributed by atoms with Crippen molar-refractivity contribution in [3.63, 3.8) is 0 Å². The molecule has 0 unspecified atom stereocenters. The number of fused-ring (bicyclic) bond motifs is 3. The molecular weight excluding hydrogens is 605 g/mol. The Hall–Kier alpha value is -6.86. The van der Waals surface area contributed by atoms with Crippen LogP contribution in [0.5, 0.6) is 0 Å². The second kappa shape index (κ2) is 12.1. The fourth-order valence-corrected chi connectivity index (χ4v) is 6.14. The van der Waals surface area contributed by atoms with Crippen LogP contribution in [0.2, 0.25) is 0 Å². The van der Waals surface area contributed by atoms with Crippen molar-refractivity contribution < 1.29 is 4.42 Å². The average Bonchev–Trinajstić information content (AvgIpc) is 3.57. The number of benzene rings is 3. The van der Waals surface area contributed by atoms with Crippen LogP contribution in [0.15, 0.2) is 163 Å². The molecule has 6 heterocycles. The standard InChI is InChI=1S/C42H26N6O/c1-2-7-27(8-3-1)28-15-17-31(18-16-28)39-41-40(47-26-46-39)35-21-34(25-45-42(35)49-41)30-13-11-29(12-14-30)33-22-37(32-9-6-19-43-24-32)48-38(23-33)36-10-4-5-20-44-36/h1-26H. The van der Waals surface area contributed by atoms with Crippen molar-refractivity contribution in [2.75, 3.05) is 0 Å². The van der Waals surface area contributed by atoms with Crippen molar-refractivity contribution in [3.05, 3.63) is 159 Å². The predicted octanol–water partition coefficient (Wildman–Crippen LogP) is 9.96. The number of hydrogen-bond donors (Lipinski definition) is 0. The van der Waals surface area contributed by atoms with Crippen molar-refractivity contribution in [1.82, 2.24) is 29.9 Å². The molecule has 0 aliphatic heterocycles. The number of rotatable bonds is 6. The zero-order chi connectivity index (χ0) is 32.6.